The highest BCUT2D eigenvalue weighted by molar-refractivity contribution is 5.73. The minimum atomic E-state index is -0.167. The molecular formula is C21H28N6O. The molecule has 3 aromatic rings. The van der Waals surface area contributed by atoms with Gasteiger partial charge in [-0.15, -0.1) is 0 Å². The molecule has 0 spiro atoms. The first-order valence-electron chi connectivity index (χ1n) is 9.59. The van der Waals surface area contributed by atoms with Crippen molar-refractivity contribution in [3.05, 3.63) is 64.7 Å². The number of para-hydroxylation sites is 1. The number of amides is 2. The molecule has 0 atom stereocenters. The van der Waals surface area contributed by atoms with E-state index >= 15 is 0 Å². The van der Waals surface area contributed by atoms with Gasteiger partial charge in [-0.25, -0.2) is 9.48 Å². The molecule has 0 unspecified atom stereocenters. The molecule has 2 amide bonds. The van der Waals surface area contributed by atoms with E-state index in [2.05, 4.69) is 26.9 Å². The van der Waals surface area contributed by atoms with Crippen molar-refractivity contribution in [3.63, 3.8) is 0 Å². The Morgan fingerprint density at radius 3 is 2.46 bits per heavy atom. The summed E-state index contributed by atoms with van der Waals surface area (Å²) in [6.07, 6.45) is 0.833. The summed E-state index contributed by atoms with van der Waals surface area (Å²) in [5, 5.41) is 14.9. The van der Waals surface area contributed by atoms with Crippen LogP contribution in [0.15, 0.2) is 36.4 Å². The second-order valence-corrected chi connectivity index (χ2v) is 7.01. The van der Waals surface area contributed by atoms with Gasteiger partial charge < -0.3 is 10.6 Å². The number of rotatable bonds is 7. The first-order valence-corrected chi connectivity index (χ1v) is 9.59. The Kier molecular flexibility index (Phi) is 6.13. The second kappa shape index (κ2) is 8.73. The third-order valence-corrected chi connectivity index (χ3v) is 4.80. The molecule has 2 aromatic heterocycles. The monoisotopic (exact) mass is 380 g/mol. The van der Waals surface area contributed by atoms with E-state index in [-0.39, 0.29) is 6.03 Å². The van der Waals surface area contributed by atoms with Crippen molar-refractivity contribution >= 4 is 6.03 Å². The van der Waals surface area contributed by atoms with Crippen LogP contribution in [-0.4, -0.2) is 32.1 Å². The number of carbonyl (C=O) groups excluding carboxylic acids is 1. The fourth-order valence-electron chi connectivity index (χ4n) is 3.31. The van der Waals surface area contributed by atoms with E-state index in [0.29, 0.717) is 13.1 Å². The van der Waals surface area contributed by atoms with Crippen LogP contribution in [0.3, 0.4) is 0 Å². The Balaban J connectivity index is 1.48. The van der Waals surface area contributed by atoms with Crippen molar-refractivity contribution in [3.8, 4) is 5.69 Å². The molecule has 0 bridgehead atoms. The van der Waals surface area contributed by atoms with Crippen LogP contribution < -0.4 is 10.6 Å². The Labute approximate surface area is 165 Å². The molecule has 0 radical (unpaired) electrons. The number of hydrogen-bond acceptors (Lipinski definition) is 3. The molecular weight excluding hydrogens is 352 g/mol. The SMILES string of the molecule is Cc1cc(C)n(CCCNC(=O)NCc2c(C)nn(-c3ccccc3)c2C)n1. The second-order valence-electron chi connectivity index (χ2n) is 7.01. The van der Waals surface area contributed by atoms with Crippen molar-refractivity contribution in [2.24, 2.45) is 0 Å². The van der Waals surface area contributed by atoms with Crippen molar-refractivity contribution < 1.29 is 4.79 Å². The minimum Gasteiger partial charge on any atom is -0.338 e. The van der Waals surface area contributed by atoms with E-state index in [1.54, 1.807) is 0 Å². The van der Waals surface area contributed by atoms with Crippen LogP contribution in [0.4, 0.5) is 4.79 Å². The van der Waals surface area contributed by atoms with Gasteiger partial charge in [-0.05, 0) is 52.3 Å². The van der Waals surface area contributed by atoms with Crippen LogP contribution in [-0.2, 0) is 13.1 Å². The van der Waals surface area contributed by atoms with Gasteiger partial charge in [0.2, 0.25) is 0 Å². The lowest BCUT2D eigenvalue weighted by Crippen LogP contribution is -2.36. The van der Waals surface area contributed by atoms with Gasteiger partial charge in [0.1, 0.15) is 0 Å². The van der Waals surface area contributed by atoms with Crippen LogP contribution in [0.5, 0.6) is 0 Å². The smallest absolute Gasteiger partial charge is 0.315 e. The predicted octanol–water partition coefficient (Wildman–Crippen LogP) is 3.19. The molecule has 0 saturated carbocycles. The van der Waals surface area contributed by atoms with Gasteiger partial charge in [0.25, 0.3) is 0 Å². The maximum atomic E-state index is 12.1. The molecule has 7 heteroatoms. The largest absolute Gasteiger partial charge is 0.338 e. The molecule has 7 nitrogen and oxygen atoms in total. The fourth-order valence-corrected chi connectivity index (χ4v) is 3.31. The average Bonchev–Trinajstić information content (AvgIpc) is 3.15. The normalized spacial score (nSPS) is 10.9. The van der Waals surface area contributed by atoms with E-state index < -0.39 is 0 Å². The number of urea groups is 1. The predicted molar refractivity (Wildman–Crippen MR) is 110 cm³/mol. The lowest BCUT2D eigenvalue weighted by atomic mass is 10.2. The first-order chi connectivity index (χ1) is 13.5. The summed E-state index contributed by atoms with van der Waals surface area (Å²) >= 11 is 0. The molecule has 0 aliphatic heterocycles. The van der Waals surface area contributed by atoms with Gasteiger partial charge in [-0.2, -0.15) is 10.2 Å². The van der Waals surface area contributed by atoms with Crippen molar-refractivity contribution in [2.75, 3.05) is 6.54 Å². The van der Waals surface area contributed by atoms with Crippen molar-refractivity contribution in [2.45, 2.75) is 47.2 Å². The molecule has 0 fully saturated rings. The Bertz CT molecular complexity index is 941. The Morgan fingerprint density at radius 2 is 1.79 bits per heavy atom. The van der Waals surface area contributed by atoms with Gasteiger partial charge in [-0.1, -0.05) is 18.2 Å². The summed E-state index contributed by atoms with van der Waals surface area (Å²) in [4.78, 5) is 12.1. The van der Waals surface area contributed by atoms with Crippen LogP contribution in [0.2, 0.25) is 0 Å². The maximum Gasteiger partial charge on any atom is 0.315 e. The Morgan fingerprint density at radius 1 is 1.04 bits per heavy atom. The molecule has 28 heavy (non-hydrogen) atoms. The summed E-state index contributed by atoms with van der Waals surface area (Å²) in [6, 6.07) is 11.9. The first kappa shape index (κ1) is 19.7. The topological polar surface area (TPSA) is 76.8 Å². The van der Waals surface area contributed by atoms with E-state index in [1.165, 1.54) is 0 Å². The zero-order valence-corrected chi connectivity index (χ0v) is 17.0. The van der Waals surface area contributed by atoms with E-state index in [9.17, 15) is 4.79 Å². The number of carbonyl (C=O) groups is 1. The minimum absolute atomic E-state index is 0.167. The number of nitrogens with one attached hydrogen (secondary N) is 2. The third kappa shape index (κ3) is 4.60. The van der Waals surface area contributed by atoms with Gasteiger partial charge >= 0.3 is 6.03 Å². The average molecular weight is 380 g/mol. The zero-order valence-electron chi connectivity index (χ0n) is 17.0. The summed E-state index contributed by atoms with van der Waals surface area (Å²) < 4.78 is 3.89. The van der Waals surface area contributed by atoms with E-state index in [1.807, 2.05) is 67.4 Å². The third-order valence-electron chi connectivity index (χ3n) is 4.80. The molecule has 0 aliphatic rings. The number of aryl methyl sites for hydroxylation is 4. The summed E-state index contributed by atoms with van der Waals surface area (Å²) in [7, 11) is 0. The van der Waals surface area contributed by atoms with Crippen LogP contribution in [0.1, 0.15) is 34.8 Å². The van der Waals surface area contributed by atoms with Gasteiger partial charge in [0.15, 0.2) is 0 Å². The highest BCUT2D eigenvalue weighted by Gasteiger charge is 2.13. The molecule has 2 N–H and O–H groups in total. The quantitative estimate of drug-likeness (QED) is 0.618. The molecule has 0 aliphatic carbocycles. The lowest BCUT2D eigenvalue weighted by molar-refractivity contribution is 0.240. The van der Waals surface area contributed by atoms with Crippen LogP contribution in [0.25, 0.3) is 5.69 Å². The molecule has 3 rings (SSSR count). The van der Waals surface area contributed by atoms with Crippen molar-refractivity contribution in [1.29, 1.82) is 0 Å². The molecule has 0 saturated heterocycles. The Hall–Kier alpha value is -3.09. The summed E-state index contributed by atoms with van der Waals surface area (Å²) in [5.74, 6) is 0. The number of benzene rings is 1. The molecule has 148 valence electrons. The highest BCUT2D eigenvalue weighted by Crippen LogP contribution is 2.17. The zero-order chi connectivity index (χ0) is 20.1. The van der Waals surface area contributed by atoms with Gasteiger partial charge in [0, 0.05) is 36.6 Å². The lowest BCUT2D eigenvalue weighted by Gasteiger charge is -2.09. The van der Waals surface area contributed by atoms with E-state index in [0.717, 1.165) is 47.0 Å². The van der Waals surface area contributed by atoms with Gasteiger partial charge in [-0.3, -0.25) is 4.68 Å². The summed E-state index contributed by atoms with van der Waals surface area (Å²) in [5.41, 5.74) is 6.18. The summed E-state index contributed by atoms with van der Waals surface area (Å²) in [6.45, 7) is 9.87. The standard InChI is InChI=1S/C21H28N6O/c1-15-13-16(2)26(24-15)12-8-11-22-21(28)23-14-20-17(3)25-27(18(20)4)19-9-6-5-7-10-19/h5-7,9-10,13H,8,11-12,14H2,1-4H3,(H2,22,23,28). The van der Waals surface area contributed by atoms with Gasteiger partial charge in [0.05, 0.1) is 17.1 Å². The molecule has 2 heterocycles. The van der Waals surface area contributed by atoms with Crippen LogP contribution in [0, 0.1) is 27.7 Å². The van der Waals surface area contributed by atoms with Crippen molar-refractivity contribution in [1.82, 2.24) is 30.2 Å². The fraction of sp³-hybridized carbons (Fsp3) is 0.381. The number of aromatic nitrogens is 4. The number of hydrogen-bond donors (Lipinski definition) is 2. The van der Waals surface area contributed by atoms with Crippen LogP contribution >= 0.6 is 0 Å². The highest BCUT2D eigenvalue weighted by atomic mass is 16.2. The van der Waals surface area contributed by atoms with E-state index in [4.69, 9.17) is 0 Å². The maximum absolute atomic E-state index is 12.1. The number of nitrogens with zero attached hydrogens (tertiary/aromatic N) is 4. The molecule has 1 aromatic carbocycles.